The number of para-hydroxylation sites is 1. The molecule has 4 aromatic rings. The molecule has 0 unspecified atom stereocenters. The van der Waals surface area contributed by atoms with Gasteiger partial charge in [0.1, 0.15) is 24.7 Å². The van der Waals surface area contributed by atoms with Crippen molar-refractivity contribution in [3.05, 3.63) is 136 Å². The highest BCUT2D eigenvalue weighted by atomic mass is 16.5. The first-order chi connectivity index (χ1) is 21.2. The average molecular weight is 590 g/mol. The number of aryl methyl sites for hydroxylation is 3. The van der Waals surface area contributed by atoms with Gasteiger partial charge in [0.2, 0.25) is 0 Å². The standard InChI is InChI=1S/C38H43N3O3/c1-5-10-34-29(4)17-18-33(37(34)44-26-31-14-9-12-28(3)22-31)24-41(20-19-35(39)38(40)42)23-32-15-6-7-16-36(32)43-25-30-13-8-11-27(2)21-30/h5-18,21-22,39H,19-20,23-26H2,1-4H3,(H2,40,42)/b10-5-,39-35?. The van der Waals surface area contributed by atoms with E-state index in [1.165, 1.54) is 11.1 Å². The predicted octanol–water partition coefficient (Wildman–Crippen LogP) is 7.70. The molecule has 0 aromatic heterocycles. The van der Waals surface area contributed by atoms with Gasteiger partial charge in [-0.05, 0) is 50.5 Å². The zero-order valence-corrected chi connectivity index (χ0v) is 26.2. The number of carbonyl (C=O) groups is 1. The molecule has 44 heavy (non-hydrogen) atoms. The van der Waals surface area contributed by atoms with Crippen molar-refractivity contribution in [2.24, 2.45) is 5.73 Å². The zero-order chi connectivity index (χ0) is 31.5. The largest absolute Gasteiger partial charge is 0.489 e. The van der Waals surface area contributed by atoms with Crippen LogP contribution in [0.15, 0.2) is 91.0 Å². The molecule has 0 heterocycles. The van der Waals surface area contributed by atoms with Crippen molar-refractivity contribution in [1.29, 1.82) is 5.41 Å². The van der Waals surface area contributed by atoms with Gasteiger partial charge in [0.25, 0.3) is 5.91 Å². The van der Waals surface area contributed by atoms with Crippen LogP contribution in [-0.4, -0.2) is 23.1 Å². The van der Waals surface area contributed by atoms with Crippen LogP contribution in [0.5, 0.6) is 11.5 Å². The molecular formula is C38H43N3O3. The minimum Gasteiger partial charge on any atom is -0.489 e. The quantitative estimate of drug-likeness (QED) is 0.139. The topological polar surface area (TPSA) is 88.6 Å². The molecule has 0 bridgehead atoms. The van der Waals surface area contributed by atoms with E-state index in [0.717, 1.165) is 44.9 Å². The Morgan fingerprint density at radius 2 is 1.45 bits per heavy atom. The summed E-state index contributed by atoms with van der Waals surface area (Å²) in [7, 11) is 0. The average Bonchev–Trinajstić information content (AvgIpc) is 3.00. The fraction of sp³-hybridized carbons (Fsp3) is 0.263. The molecule has 0 fully saturated rings. The number of benzene rings is 4. The smallest absolute Gasteiger partial charge is 0.262 e. The molecule has 3 N–H and O–H groups in total. The van der Waals surface area contributed by atoms with Crippen molar-refractivity contribution in [3.63, 3.8) is 0 Å². The van der Waals surface area contributed by atoms with Crippen LogP contribution in [-0.2, 0) is 31.1 Å². The molecule has 228 valence electrons. The van der Waals surface area contributed by atoms with E-state index >= 15 is 0 Å². The van der Waals surface area contributed by atoms with Crippen molar-refractivity contribution < 1.29 is 14.3 Å². The van der Waals surface area contributed by atoms with Crippen molar-refractivity contribution >= 4 is 17.7 Å². The molecule has 0 saturated carbocycles. The minimum atomic E-state index is -0.695. The summed E-state index contributed by atoms with van der Waals surface area (Å²) >= 11 is 0. The van der Waals surface area contributed by atoms with Gasteiger partial charge in [-0.3, -0.25) is 15.1 Å². The molecule has 4 rings (SSSR count). The SMILES string of the molecule is C/C=C\c1c(C)ccc(CN(CCC(=N)C(N)=O)Cc2ccccc2OCc2cccc(C)c2)c1OCc1cccc(C)c1. The van der Waals surface area contributed by atoms with E-state index in [0.29, 0.717) is 32.8 Å². The van der Waals surface area contributed by atoms with Crippen LogP contribution in [0, 0.1) is 26.2 Å². The Labute approximate surface area is 261 Å². The number of hydrogen-bond acceptors (Lipinski definition) is 5. The van der Waals surface area contributed by atoms with E-state index in [2.05, 4.69) is 86.3 Å². The fourth-order valence-electron chi connectivity index (χ4n) is 5.20. The van der Waals surface area contributed by atoms with Crippen LogP contribution in [0.2, 0.25) is 0 Å². The van der Waals surface area contributed by atoms with E-state index in [9.17, 15) is 4.79 Å². The Hall–Kier alpha value is -4.68. The highest BCUT2D eigenvalue weighted by molar-refractivity contribution is 6.36. The third kappa shape index (κ3) is 9.16. The summed E-state index contributed by atoms with van der Waals surface area (Å²) in [5, 5.41) is 8.09. The Bertz CT molecular complexity index is 1630. The van der Waals surface area contributed by atoms with Crippen LogP contribution in [0.1, 0.15) is 57.9 Å². The van der Waals surface area contributed by atoms with Gasteiger partial charge in [0.05, 0.1) is 5.71 Å². The number of nitrogens with one attached hydrogen (secondary N) is 1. The Balaban J connectivity index is 1.63. The molecule has 0 aliphatic rings. The maximum atomic E-state index is 11.7. The van der Waals surface area contributed by atoms with E-state index in [1.807, 2.05) is 43.3 Å². The van der Waals surface area contributed by atoms with Crippen molar-refractivity contribution in [2.75, 3.05) is 6.54 Å². The molecule has 0 spiro atoms. The lowest BCUT2D eigenvalue weighted by atomic mass is 10.0. The van der Waals surface area contributed by atoms with Crippen LogP contribution in [0.25, 0.3) is 6.08 Å². The summed E-state index contributed by atoms with van der Waals surface area (Å²) in [6, 6.07) is 28.9. The fourth-order valence-corrected chi connectivity index (χ4v) is 5.20. The van der Waals surface area contributed by atoms with Crippen LogP contribution >= 0.6 is 0 Å². The highest BCUT2D eigenvalue weighted by Gasteiger charge is 2.18. The second kappa shape index (κ2) is 15.7. The Morgan fingerprint density at radius 3 is 2.09 bits per heavy atom. The molecular weight excluding hydrogens is 546 g/mol. The number of primary amides is 1. The Morgan fingerprint density at radius 1 is 0.818 bits per heavy atom. The minimum absolute atomic E-state index is 0.0894. The van der Waals surface area contributed by atoms with Gasteiger partial charge in [-0.25, -0.2) is 0 Å². The zero-order valence-electron chi connectivity index (χ0n) is 26.2. The number of nitrogens with zero attached hydrogens (tertiary/aromatic N) is 1. The van der Waals surface area contributed by atoms with Gasteiger partial charge in [0.15, 0.2) is 0 Å². The first kappa shape index (κ1) is 32.2. The maximum absolute atomic E-state index is 11.7. The normalized spacial score (nSPS) is 11.2. The number of allylic oxidation sites excluding steroid dienone is 1. The number of carbonyl (C=O) groups excluding carboxylic acids is 1. The maximum Gasteiger partial charge on any atom is 0.262 e. The highest BCUT2D eigenvalue weighted by Crippen LogP contribution is 2.32. The van der Waals surface area contributed by atoms with Crippen LogP contribution < -0.4 is 15.2 Å². The first-order valence-corrected chi connectivity index (χ1v) is 15.0. The summed E-state index contributed by atoms with van der Waals surface area (Å²) in [5.74, 6) is 0.946. The van der Waals surface area contributed by atoms with E-state index < -0.39 is 5.91 Å². The first-order valence-electron chi connectivity index (χ1n) is 15.0. The number of nitrogens with two attached hydrogens (primary N) is 1. The number of rotatable bonds is 15. The number of amides is 1. The van der Waals surface area contributed by atoms with Gasteiger partial charge in [0, 0.05) is 42.7 Å². The van der Waals surface area contributed by atoms with E-state index in [-0.39, 0.29) is 12.1 Å². The van der Waals surface area contributed by atoms with E-state index in [4.69, 9.17) is 20.6 Å². The lowest BCUT2D eigenvalue weighted by molar-refractivity contribution is -0.112. The summed E-state index contributed by atoms with van der Waals surface area (Å²) in [6.45, 7) is 10.7. The molecule has 0 atom stereocenters. The third-order valence-corrected chi connectivity index (χ3v) is 7.51. The van der Waals surface area contributed by atoms with Crippen LogP contribution in [0.3, 0.4) is 0 Å². The van der Waals surface area contributed by atoms with E-state index in [1.54, 1.807) is 0 Å². The summed E-state index contributed by atoms with van der Waals surface area (Å²) in [6.07, 6.45) is 4.36. The molecule has 0 aliphatic carbocycles. The second-order valence-corrected chi connectivity index (χ2v) is 11.3. The van der Waals surface area contributed by atoms with Gasteiger partial charge in [-0.15, -0.1) is 0 Å². The van der Waals surface area contributed by atoms with Crippen molar-refractivity contribution in [2.45, 2.75) is 60.4 Å². The summed E-state index contributed by atoms with van der Waals surface area (Å²) in [4.78, 5) is 13.9. The molecule has 4 aromatic carbocycles. The lowest BCUT2D eigenvalue weighted by Crippen LogP contribution is -2.30. The van der Waals surface area contributed by atoms with Gasteiger partial charge < -0.3 is 15.2 Å². The monoisotopic (exact) mass is 589 g/mol. The summed E-state index contributed by atoms with van der Waals surface area (Å²) < 4.78 is 12.9. The van der Waals surface area contributed by atoms with Gasteiger partial charge in [-0.2, -0.15) is 0 Å². The molecule has 0 saturated heterocycles. The molecule has 1 amide bonds. The van der Waals surface area contributed by atoms with Gasteiger partial charge >= 0.3 is 0 Å². The lowest BCUT2D eigenvalue weighted by Gasteiger charge is -2.26. The molecule has 6 nitrogen and oxygen atoms in total. The van der Waals surface area contributed by atoms with Crippen LogP contribution in [0.4, 0.5) is 0 Å². The molecule has 6 heteroatoms. The summed E-state index contributed by atoms with van der Waals surface area (Å²) in [5.41, 5.74) is 14.2. The van der Waals surface area contributed by atoms with Crippen molar-refractivity contribution in [3.8, 4) is 11.5 Å². The number of ether oxygens (including phenoxy) is 2. The number of hydrogen-bond donors (Lipinski definition) is 2. The molecule has 0 radical (unpaired) electrons. The predicted molar refractivity (Wildman–Crippen MR) is 179 cm³/mol. The second-order valence-electron chi connectivity index (χ2n) is 11.3. The van der Waals surface area contributed by atoms with Crippen molar-refractivity contribution in [1.82, 2.24) is 4.90 Å². The van der Waals surface area contributed by atoms with Gasteiger partial charge in [-0.1, -0.05) is 102 Å². The third-order valence-electron chi connectivity index (χ3n) is 7.51. The Kier molecular flexibility index (Phi) is 11.5. The molecule has 0 aliphatic heterocycles.